The Morgan fingerprint density at radius 1 is 0.947 bits per heavy atom. The number of rotatable bonds is 10. The molecule has 200 valence electrons. The number of hydrogen-bond donors (Lipinski definition) is 1. The minimum atomic E-state index is -0.697. The van der Waals surface area contributed by atoms with E-state index in [1.165, 1.54) is 6.42 Å². The lowest BCUT2D eigenvalue weighted by molar-refractivity contribution is -0.141. The van der Waals surface area contributed by atoms with Gasteiger partial charge in [-0.25, -0.2) is 0 Å². The maximum atomic E-state index is 13.9. The number of ether oxygens (including phenoxy) is 1. The molecule has 1 aliphatic carbocycles. The molecule has 0 aromatic heterocycles. The Morgan fingerprint density at radius 3 is 2.32 bits per heavy atom. The summed E-state index contributed by atoms with van der Waals surface area (Å²) < 4.78 is 5.26. The highest BCUT2D eigenvalue weighted by Crippen LogP contribution is 2.25. The van der Waals surface area contributed by atoms with Crippen molar-refractivity contribution in [1.82, 2.24) is 10.2 Å². The molecule has 2 amide bonds. The van der Waals surface area contributed by atoms with E-state index in [9.17, 15) is 9.59 Å². The van der Waals surface area contributed by atoms with Gasteiger partial charge in [-0.3, -0.25) is 9.59 Å². The van der Waals surface area contributed by atoms with Gasteiger partial charge < -0.3 is 15.0 Å². The van der Waals surface area contributed by atoms with Gasteiger partial charge >= 0.3 is 0 Å². The van der Waals surface area contributed by atoms with E-state index in [1.54, 1.807) is 24.1 Å². The predicted molar refractivity (Wildman–Crippen MR) is 153 cm³/mol. The van der Waals surface area contributed by atoms with Crippen LogP contribution >= 0.6 is 23.2 Å². The van der Waals surface area contributed by atoms with Gasteiger partial charge in [0.05, 0.1) is 13.5 Å². The van der Waals surface area contributed by atoms with Gasteiger partial charge in [0.15, 0.2) is 0 Å². The van der Waals surface area contributed by atoms with E-state index in [4.69, 9.17) is 27.9 Å². The van der Waals surface area contributed by atoms with Crippen molar-refractivity contribution >= 4 is 35.0 Å². The summed E-state index contributed by atoms with van der Waals surface area (Å²) >= 11 is 12.7. The number of nitrogens with zero attached hydrogens (tertiary/aromatic N) is 1. The van der Waals surface area contributed by atoms with Crippen molar-refractivity contribution in [3.63, 3.8) is 0 Å². The molecule has 0 unspecified atom stereocenters. The van der Waals surface area contributed by atoms with Crippen LogP contribution < -0.4 is 10.1 Å². The van der Waals surface area contributed by atoms with Crippen LogP contribution in [0.1, 0.15) is 48.8 Å². The van der Waals surface area contributed by atoms with Crippen molar-refractivity contribution in [3.8, 4) is 5.75 Å². The molecule has 0 bridgehead atoms. The van der Waals surface area contributed by atoms with Crippen LogP contribution in [0.2, 0.25) is 10.0 Å². The maximum absolute atomic E-state index is 13.9. The van der Waals surface area contributed by atoms with Gasteiger partial charge in [-0.15, -0.1) is 0 Å². The highest BCUT2D eigenvalue weighted by atomic mass is 35.5. The molecule has 3 aromatic carbocycles. The van der Waals surface area contributed by atoms with Crippen molar-refractivity contribution in [1.29, 1.82) is 0 Å². The molecule has 0 radical (unpaired) electrons. The highest BCUT2D eigenvalue weighted by molar-refractivity contribution is 6.35. The van der Waals surface area contributed by atoms with Gasteiger partial charge in [0.2, 0.25) is 11.8 Å². The van der Waals surface area contributed by atoms with E-state index >= 15 is 0 Å². The van der Waals surface area contributed by atoms with Crippen molar-refractivity contribution in [3.05, 3.63) is 99.5 Å². The fourth-order valence-corrected chi connectivity index (χ4v) is 5.42. The second kappa shape index (κ2) is 13.7. The summed E-state index contributed by atoms with van der Waals surface area (Å²) in [6.07, 6.45) is 5.89. The first kappa shape index (κ1) is 28.0. The third-order valence-corrected chi connectivity index (χ3v) is 7.68. The number of halogens is 2. The summed E-state index contributed by atoms with van der Waals surface area (Å²) in [5, 5.41) is 4.24. The van der Waals surface area contributed by atoms with E-state index in [1.807, 2.05) is 60.7 Å². The van der Waals surface area contributed by atoms with Gasteiger partial charge in [-0.2, -0.15) is 0 Å². The molecule has 1 aliphatic rings. The van der Waals surface area contributed by atoms with Crippen molar-refractivity contribution in [2.24, 2.45) is 0 Å². The Morgan fingerprint density at radius 2 is 1.66 bits per heavy atom. The van der Waals surface area contributed by atoms with Crippen molar-refractivity contribution in [2.75, 3.05) is 7.11 Å². The van der Waals surface area contributed by atoms with Crippen LogP contribution in [0.3, 0.4) is 0 Å². The van der Waals surface area contributed by atoms with Gasteiger partial charge in [0.25, 0.3) is 0 Å². The number of hydrogen-bond acceptors (Lipinski definition) is 3. The largest absolute Gasteiger partial charge is 0.497 e. The van der Waals surface area contributed by atoms with Gasteiger partial charge in [0, 0.05) is 29.1 Å². The van der Waals surface area contributed by atoms with E-state index < -0.39 is 6.04 Å². The molecule has 0 aliphatic heterocycles. The second-order valence-corrected chi connectivity index (χ2v) is 10.7. The molecule has 0 heterocycles. The van der Waals surface area contributed by atoms with Crippen LogP contribution in [0.15, 0.2) is 72.8 Å². The molecule has 38 heavy (non-hydrogen) atoms. The summed E-state index contributed by atoms with van der Waals surface area (Å²) in [5.74, 6) is 0.439. The first-order chi connectivity index (χ1) is 18.4. The molecule has 5 nitrogen and oxygen atoms in total. The Kier molecular flexibility index (Phi) is 10.1. The Balaban J connectivity index is 1.66. The normalized spacial score (nSPS) is 14.5. The fraction of sp³-hybridized carbons (Fsp3) is 0.355. The SMILES string of the molecule is COc1ccc(CC(=O)N(Cc2ccc(Cl)cc2Cl)[C@H](Cc2ccccc2)C(=O)NC2CCCCC2)cc1. The van der Waals surface area contributed by atoms with Gasteiger partial charge in [-0.05, 0) is 53.8 Å². The van der Waals surface area contributed by atoms with Crippen LogP contribution in [0.4, 0.5) is 0 Å². The molecule has 1 N–H and O–H groups in total. The molecule has 3 aromatic rings. The Bertz CT molecular complexity index is 1210. The molecule has 0 saturated heterocycles. The van der Waals surface area contributed by atoms with Crippen LogP contribution in [0.5, 0.6) is 5.75 Å². The van der Waals surface area contributed by atoms with Crippen LogP contribution in [-0.4, -0.2) is 35.9 Å². The summed E-state index contributed by atoms with van der Waals surface area (Å²) in [7, 11) is 1.61. The quantitative estimate of drug-likeness (QED) is 0.307. The van der Waals surface area contributed by atoms with E-state index in [2.05, 4.69) is 5.32 Å². The van der Waals surface area contributed by atoms with E-state index in [-0.39, 0.29) is 30.8 Å². The molecule has 1 saturated carbocycles. The van der Waals surface area contributed by atoms with Gasteiger partial charge in [-0.1, -0.05) is 91.0 Å². The minimum Gasteiger partial charge on any atom is -0.497 e. The third kappa shape index (κ3) is 7.75. The summed E-state index contributed by atoms with van der Waals surface area (Å²) in [4.78, 5) is 29.4. The predicted octanol–water partition coefficient (Wildman–Crippen LogP) is 6.63. The summed E-state index contributed by atoms with van der Waals surface area (Å²) in [6.45, 7) is 0.195. The zero-order chi connectivity index (χ0) is 26.9. The molecule has 1 fully saturated rings. The lowest BCUT2D eigenvalue weighted by atomic mass is 9.94. The first-order valence-electron chi connectivity index (χ1n) is 13.1. The number of amides is 2. The average Bonchev–Trinajstić information content (AvgIpc) is 2.93. The van der Waals surface area contributed by atoms with Crippen LogP contribution in [0, 0.1) is 0 Å². The number of carbonyl (C=O) groups excluding carboxylic acids is 2. The van der Waals surface area contributed by atoms with E-state index in [0.717, 1.165) is 48.1 Å². The van der Waals surface area contributed by atoms with E-state index in [0.29, 0.717) is 16.5 Å². The second-order valence-electron chi connectivity index (χ2n) is 9.83. The zero-order valence-electron chi connectivity index (χ0n) is 21.7. The lowest BCUT2D eigenvalue weighted by Gasteiger charge is -2.34. The minimum absolute atomic E-state index is 0.131. The van der Waals surface area contributed by atoms with Crippen LogP contribution in [0.25, 0.3) is 0 Å². The average molecular weight is 554 g/mol. The number of nitrogens with one attached hydrogen (secondary N) is 1. The van der Waals surface area contributed by atoms with Crippen molar-refractivity contribution in [2.45, 2.75) is 63.6 Å². The number of methoxy groups -OCH3 is 1. The Labute approximate surface area is 235 Å². The third-order valence-electron chi connectivity index (χ3n) is 7.09. The fourth-order valence-electron chi connectivity index (χ4n) is 4.95. The van der Waals surface area contributed by atoms with Crippen LogP contribution in [-0.2, 0) is 29.0 Å². The number of carbonyl (C=O) groups is 2. The van der Waals surface area contributed by atoms with Crippen molar-refractivity contribution < 1.29 is 14.3 Å². The smallest absolute Gasteiger partial charge is 0.243 e. The molecular weight excluding hydrogens is 519 g/mol. The summed E-state index contributed by atoms with van der Waals surface area (Å²) in [5.41, 5.74) is 2.57. The standard InChI is InChI=1S/C31H34Cl2N2O3/c1-38-27-16-12-23(13-17-27)19-30(36)35(21-24-14-15-25(32)20-28(24)33)29(18-22-8-4-2-5-9-22)31(37)34-26-10-6-3-7-11-26/h2,4-5,8-9,12-17,20,26,29H,3,6-7,10-11,18-19,21H2,1H3,(H,34,37)/t29-/m1/s1. The summed E-state index contributed by atoms with van der Waals surface area (Å²) in [6, 6.07) is 21.9. The first-order valence-corrected chi connectivity index (χ1v) is 13.9. The lowest BCUT2D eigenvalue weighted by Crippen LogP contribution is -2.53. The zero-order valence-corrected chi connectivity index (χ0v) is 23.2. The maximum Gasteiger partial charge on any atom is 0.243 e. The highest BCUT2D eigenvalue weighted by Gasteiger charge is 2.32. The molecule has 1 atom stereocenters. The Hall–Kier alpha value is -3.02. The topological polar surface area (TPSA) is 58.6 Å². The molecule has 4 rings (SSSR count). The monoisotopic (exact) mass is 552 g/mol. The molecular formula is C31H34Cl2N2O3. The number of benzene rings is 3. The van der Waals surface area contributed by atoms with Gasteiger partial charge in [0.1, 0.15) is 11.8 Å². The molecule has 0 spiro atoms. The molecule has 7 heteroatoms.